The lowest BCUT2D eigenvalue weighted by Crippen LogP contribution is -2.38. The highest BCUT2D eigenvalue weighted by Gasteiger charge is 2.22. The van der Waals surface area contributed by atoms with Gasteiger partial charge in [0.05, 0.1) is 34.0 Å². The van der Waals surface area contributed by atoms with Crippen LogP contribution in [0, 0.1) is 11.7 Å². The minimum Gasteiger partial charge on any atom is -0.496 e. The molecule has 7 nitrogen and oxygen atoms in total. The smallest absolute Gasteiger partial charge is 0.191 e. The summed E-state index contributed by atoms with van der Waals surface area (Å²) >= 11 is 0. The van der Waals surface area contributed by atoms with Crippen molar-refractivity contribution >= 4 is 29.9 Å². The lowest BCUT2D eigenvalue weighted by Gasteiger charge is -2.20. The fourth-order valence-electron chi connectivity index (χ4n) is 3.29. The maximum Gasteiger partial charge on any atom is 0.191 e. The maximum absolute atomic E-state index is 14.5. The lowest BCUT2D eigenvalue weighted by atomic mass is 10.1. The number of benzene rings is 2. The average molecular weight is 573 g/mol. The minimum absolute atomic E-state index is 0. The second-order valence-electron chi connectivity index (χ2n) is 7.76. The third-order valence-electron chi connectivity index (χ3n) is 5.44. The first-order valence-corrected chi connectivity index (χ1v) is 10.7. The largest absolute Gasteiger partial charge is 0.496 e. The third kappa shape index (κ3) is 7.28. The van der Waals surface area contributed by atoms with E-state index in [-0.39, 0.29) is 35.8 Å². The Kier molecular flexibility index (Phi) is 10.3. The molecule has 0 aromatic heterocycles. The summed E-state index contributed by atoms with van der Waals surface area (Å²) in [5.41, 5.74) is 1.68. The van der Waals surface area contributed by atoms with Crippen LogP contribution < -0.4 is 29.6 Å². The fourth-order valence-corrected chi connectivity index (χ4v) is 3.29. The first-order chi connectivity index (χ1) is 15.5. The Bertz CT molecular complexity index is 954. The van der Waals surface area contributed by atoms with Gasteiger partial charge in [-0.3, -0.25) is 4.99 Å². The van der Waals surface area contributed by atoms with Crippen molar-refractivity contribution in [2.75, 3.05) is 35.0 Å². The van der Waals surface area contributed by atoms with E-state index in [1.165, 1.54) is 18.9 Å². The van der Waals surface area contributed by atoms with Gasteiger partial charge < -0.3 is 29.6 Å². The minimum atomic E-state index is -0.352. The van der Waals surface area contributed by atoms with Crippen LogP contribution in [0.25, 0.3) is 0 Å². The van der Waals surface area contributed by atoms with Crippen LogP contribution >= 0.6 is 24.0 Å². The van der Waals surface area contributed by atoms with Crippen LogP contribution in [0.15, 0.2) is 35.3 Å². The van der Waals surface area contributed by atoms with Gasteiger partial charge in [0, 0.05) is 25.2 Å². The molecule has 1 atom stereocenters. The molecule has 0 saturated heterocycles. The molecular formula is C24H33FIN3O4. The van der Waals surface area contributed by atoms with Gasteiger partial charge in [0.25, 0.3) is 0 Å². The zero-order valence-corrected chi connectivity index (χ0v) is 22.1. The molecule has 182 valence electrons. The molecule has 0 radical (unpaired) electrons. The number of nitrogens with zero attached hydrogens (tertiary/aromatic N) is 1. The van der Waals surface area contributed by atoms with Gasteiger partial charge in [-0.05, 0) is 49.4 Å². The number of hydrogen-bond acceptors (Lipinski definition) is 5. The molecule has 1 saturated carbocycles. The van der Waals surface area contributed by atoms with Gasteiger partial charge in [0.15, 0.2) is 29.0 Å². The van der Waals surface area contributed by atoms with Gasteiger partial charge in [-0.2, -0.15) is 0 Å². The normalized spacial score (nSPS) is 14.1. The number of hydrogen-bond donors (Lipinski definition) is 2. The number of halogens is 2. The first kappa shape index (κ1) is 26.8. The van der Waals surface area contributed by atoms with Gasteiger partial charge in [-0.1, -0.05) is 6.07 Å². The summed E-state index contributed by atoms with van der Waals surface area (Å²) in [5, 5.41) is 6.54. The Morgan fingerprint density at radius 2 is 1.70 bits per heavy atom. The van der Waals surface area contributed by atoms with Crippen molar-refractivity contribution in [3.8, 4) is 23.0 Å². The van der Waals surface area contributed by atoms with Gasteiger partial charge in [-0.15, -0.1) is 24.0 Å². The standard InChI is InChI=1S/C24H32FN3O4.HI/c1-15(17-8-9-20(19(25)10-17)32-14-16-6-7-16)28-24(26-2)27-13-18-11-22(30-4)23(31-5)12-21(18)29-3;/h8-12,15-16H,6-7,13-14H2,1-5H3,(H2,26,27,28);1H. The number of ether oxygens (including phenoxy) is 4. The predicted octanol–water partition coefficient (Wildman–Crippen LogP) is 4.68. The molecule has 2 aromatic rings. The summed E-state index contributed by atoms with van der Waals surface area (Å²) in [4.78, 5) is 4.28. The molecule has 0 bridgehead atoms. The van der Waals surface area contributed by atoms with Crippen molar-refractivity contribution in [3.05, 3.63) is 47.3 Å². The van der Waals surface area contributed by atoms with Crippen molar-refractivity contribution in [1.82, 2.24) is 10.6 Å². The molecule has 2 aromatic carbocycles. The Morgan fingerprint density at radius 1 is 1.03 bits per heavy atom. The van der Waals surface area contributed by atoms with Gasteiger partial charge in [0.2, 0.25) is 0 Å². The van der Waals surface area contributed by atoms with E-state index in [0.29, 0.717) is 48.0 Å². The van der Waals surface area contributed by atoms with Gasteiger partial charge >= 0.3 is 0 Å². The highest BCUT2D eigenvalue weighted by Crippen LogP contribution is 2.34. The summed E-state index contributed by atoms with van der Waals surface area (Å²) in [7, 11) is 6.46. The number of nitrogens with one attached hydrogen (secondary N) is 2. The van der Waals surface area contributed by atoms with E-state index < -0.39 is 0 Å². The average Bonchev–Trinajstić information content (AvgIpc) is 3.64. The Balaban J connectivity index is 0.00000385. The Morgan fingerprint density at radius 3 is 2.27 bits per heavy atom. The molecule has 0 spiro atoms. The number of aliphatic imine (C=N–C) groups is 1. The third-order valence-corrected chi connectivity index (χ3v) is 5.44. The van der Waals surface area contributed by atoms with E-state index in [2.05, 4.69) is 15.6 Å². The summed E-state index contributed by atoms with van der Waals surface area (Å²) in [6.07, 6.45) is 2.34. The van der Waals surface area contributed by atoms with Crippen LogP contribution in [0.2, 0.25) is 0 Å². The van der Waals surface area contributed by atoms with E-state index in [1.54, 1.807) is 40.5 Å². The van der Waals surface area contributed by atoms with Crippen LogP contribution in [0.5, 0.6) is 23.0 Å². The van der Waals surface area contributed by atoms with Gasteiger partial charge in [-0.25, -0.2) is 4.39 Å². The molecule has 1 aliphatic rings. The highest BCUT2D eigenvalue weighted by molar-refractivity contribution is 14.0. The Labute approximate surface area is 212 Å². The zero-order chi connectivity index (χ0) is 23.1. The van der Waals surface area contributed by atoms with Crippen LogP contribution in [0.1, 0.15) is 36.9 Å². The second-order valence-corrected chi connectivity index (χ2v) is 7.76. The Hall–Kier alpha value is -2.43. The maximum atomic E-state index is 14.5. The van der Waals surface area contributed by atoms with Crippen LogP contribution in [0.4, 0.5) is 4.39 Å². The molecule has 1 fully saturated rings. The van der Waals surface area contributed by atoms with Crippen molar-refractivity contribution < 1.29 is 23.3 Å². The molecule has 33 heavy (non-hydrogen) atoms. The summed E-state index contributed by atoms with van der Waals surface area (Å²) in [6, 6.07) is 8.54. The molecule has 0 heterocycles. The van der Waals surface area contributed by atoms with Crippen molar-refractivity contribution in [1.29, 1.82) is 0 Å². The van der Waals surface area contributed by atoms with E-state index in [1.807, 2.05) is 19.1 Å². The number of guanidine groups is 1. The summed E-state index contributed by atoms with van der Waals surface area (Å²) in [5.74, 6) is 2.97. The molecule has 0 amide bonds. The van der Waals surface area contributed by atoms with Crippen molar-refractivity contribution in [3.63, 3.8) is 0 Å². The molecule has 2 N–H and O–H groups in total. The fraction of sp³-hybridized carbons (Fsp3) is 0.458. The molecular weight excluding hydrogens is 540 g/mol. The number of methoxy groups -OCH3 is 3. The highest BCUT2D eigenvalue weighted by atomic mass is 127. The second kappa shape index (κ2) is 12.7. The van der Waals surface area contributed by atoms with Crippen molar-refractivity contribution in [2.45, 2.75) is 32.4 Å². The van der Waals surface area contributed by atoms with E-state index in [0.717, 1.165) is 11.1 Å². The molecule has 3 rings (SSSR count). The molecule has 9 heteroatoms. The van der Waals surface area contributed by atoms with Crippen molar-refractivity contribution in [2.24, 2.45) is 10.9 Å². The lowest BCUT2D eigenvalue weighted by molar-refractivity contribution is 0.285. The van der Waals surface area contributed by atoms with E-state index in [4.69, 9.17) is 18.9 Å². The van der Waals surface area contributed by atoms with Crippen LogP contribution in [-0.2, 0) is 6.54 Å². The predicted molar refractivity (Wildman–Crippen MR) is 138 cm³/mol. The SMILES string of the molecule is CN=C(NCc1cc(OC)c(OC)cc1OC)NC(C)c1ccc(OCC2CC2)c(F)c1.I. The van der Waals surface area contributed by atoms with E-state index >= 15 is 0 Å². The summed E-state index contributed by atoms with van der Waals surface area (Å²) in [6.45, 7) is 2.97. The topological polar surface area (TPSA) is 73.3 Å². The zero-order valence-electron chi connectivity index (χ0n) is 19.7. The quantitative estimate of drug-likeness (QED) is 0.244. The van der Waals surface area contributed by atoms with Gasteiger partial charge in [0.1, 0.15) is 5.75 Å². The first-order valence-electron chi connectivity index (χ1n) is 10.7. The summed E-state index contributed by atoms with van der Waals surface area (Å²) < 4.78 is 36.2. The number of rotatable bonds is 10. The van der Waals surface area contributed by atoms with Crippen LogP contribution in [0.3, 0.4) is 0 Å². The molecule has 0 aliphatic heterocycles. The van der Waals surface area contributed by atoms with E-state index in [9.17, 15) is 4.39 Å². The molecule has 1 aliphatic carbocycles. The monoisotopic (exact) mass is 573 g/mol. The van der Waals surface area contributed by atoms with Crippen LogP contribution in [-0.4, -0.2) is 40.9 Å². The molecule has 1 unspecified atom stereocenters.